The van der Waals surface area contributed by atoms with E-state index in [-0.39, 0.29) is 25.7 Å². The van der Waals surface area contributed by atoms with Crippen molar-refractivity contribution in [3.05, 3.63) is 0 Å². The highest BCUT2D eigenvalue weighted by Crippen LogP contribution is 2.45. The van der Waals surface area contributed by atoms with E-state index in [1.165, 1.54) is 276 Å². The van der Waals surface area contributed by atoms with Crippen LogP contribution in [0, 0.1) is 11.8 Å². The number of phosphoric acid groups is 2. The first-order valence-corrected chi connectivity index (χ1v) is 47.5. The zero-order chi connectivity index (χ0) is 77.1. The second-order valence-electron chi connectivity index (χ2n) is 31.6. The number of esters is 4. The van der Waals surface area contributed by atoms with Gasteiger partial charge in [-0.15, -0.1) is 0 Å². The molecule has 6 atom stereocenters. The number of unbranched alkanes of at least 4 members (excludes halogenated alkanes) is 54. The van der Waals surface area contributed by atoms with Crippen LogP contribution in [0.4, 0.5) is 0 Å². The molecule has 0 heterocycles. The van der Waals surface area contributed by atoms with E-state index in [4.69, 9.17) is 37.0 Å². The Morgan fingerprint density at radius 1 is 0.276 bits per heavy atom. The van der Waals surface area contributed by atoms with Crippen molar-refractivity contribution in [1.29, 1.82) is 0 Å². The third-order valence-electron chi connectivity index (χ3n) is 20.6. The van der Waals surface area contributed by atoms with Gasteiger partial charge in [-0.25, -0.2) is 9.13 Å². The van der Waals surface area contributed by atoms with Crippen molar-refractivity contribution in [3.8, 4) is 0 Å². The highest BCUT2D eigenvalue weighted by Gasteiger charge is 2.30. The molecule has 0 fully saturated rings. The molecular weight excluding hydrogens is 1370 g/mol. The average molecular weight is 1540 g/mol. The Labute approximate surface area is 645 Å². The molecule has 0 saturated heterocycles. The highest BCUT2D eigenvalue weighted by molar-refractivity contribution is 7.47. The summed E-state index contributed by atoms with van der Waals surface area (Å²) in [6.45, 7) is 9.71. The van der Waals surface area contributed by atoms with Crippen molar-refractivity contribution >= 4 is 39.5 Å². The lowest BCUT2D eigenvalue weighted by atomic mass is 9.99. The predicted octanol–water partition coefficient (Wildman–Crippen LogP) is 26.2. The zero-order valence-corrected chi connectivity index (χ0v) is 70.8. The second-order valence-corrected chi connectivity index (χ2v) is 34.6. The minimum Gasteiger partial charge on any atom is -0.462 e. The monoisotopic (exact) mass is 1540 g/mol. The molecule has 0 aromatic rings. The fourth-order valence-corrected chi connectivity index (χ4v) is 15.0. The molecule has 17 nitrogen and oxygen atoms in total. The van der Waals surface area contributed by atoms with Gasteiger partial charge in [0, 0.05) is 25.7 Å². The summed E-state index contributed by atoms with van der Waals surface area (Å²) in [5.74, 6) is -0.500. The lowest BCUT2D eigenvalue weighted by Crippen LogP contribution is -2.30. The van der Waals surface area contributed by atoms with Crippen LogP contribution in [0.2, 0.25) is 0 Å². The van der Waals surface area contributed by atoms with Gasteiger partial charge >= 0.3 is 39.5 Å². The summed E-state index contributed by atoms with van der Waals surface area (Å²) in [4.78, 5) is 73.2. The van der Waals surface area contributed by atoms with Crippen LogP contribution in [0.3, 0.4) is 0 Å². The van der Waals surface area contributed by atoms with Crippen LogP contribution in [0.25, 0.3) is 0 Å². The summed E-state index contributed by atoms with van der Waals surface area (Å²) in [6, 6.07) is 0. The summed E-state index contributed by atoms with van der Waals surface area (Å²) in [5, 5.41) is 10.7. The van der Waals surface area contributed by atoms with Crippen LogP contribution in [0.15, 0.2) is 0 Å². The molecule has 105 heavy (non-hydrogen) atoms. The molecule has 624 valence electrons. The molecule has 0 spiro atoms. The van der Waals surface area contributed by atoms with E-state index in [1.54, 1.807) is 0 Å². The summed E-state index contributed by atoms with van der Waals surface area (Å²) < 4.78 is 68.9. The summed E-state index contributed by atoms with van der Waals surface area (Å²) in [7, 11) is -9.93. The number of aliphatic hydroxyl groups is 1. The van der Waals surface area contributed by atoms with Gasteiger partial charge in [0.05, 0.1) is 26.4 Å². The van der Waals surface area contributed by atoms with Crippen molar-refractivity contribution in [1.82, 2.24) is 0 Å². The first kappa shape index (κ1) is 103. The van der Waals surface area contributed by atoms with Crippen LogP contribution in [-0.2, 0) is 65.4 Å². The maximum absolute atomic E-state index is 13.1. The van der Waals surface area contributed by atoms with Crippen LogP contribution < -0.4 is 0 Å². The maximum Gasteiger partial charge on any atom is 0.472 e. The van der Waals surface area contributed by atoms with Gasteiger partial charge in [-0.1, -0.05) is 408 Å². The fraction of sp³-hybridized carbons (Fsp3) is 0.953. The van der Waals surface area contributed by atoms with Gasteiger partial charge in [-0.05, 0) is 37.5 Å². The summed E-state index contributed by atoms with van der Waals surface area (Å²) in [5.41, 5.74) is 0. The van der Waals surface area contributed by atoms with Crippen molar-refractivity contribution in [2.75, 3.05) is 39.6 Å². The first-order chi connectivity index (χ1) is 50.9. The standard InChI is InChI=1S/C86H168O17P2/c1-7-10-12-14-16-18-20-22-23-24-25-26-27-28-29-30-35-39-46-52-58-64-70-85(90)102-81(74-97-84(89)69-63-57-51-45-38-34-32-31-33-36-43-49-55-61-67-79(6)9-3)76-100-104(92,93)98-72-80(87)73-99-105(94,95)101-77-82(75-96-83(88)68-62-56-50-44-37-21-19-17-15-13-11-8-2)103-86(91)71-65-59-53-47-41-40-42-48-54-60-66-78(4)5/h78-82,87H,7-77H2,1-6H3,(H,92,93)(H,94,95)/t79?,80-,81-,82-/m1/s1. The Bertz CT molecular complexity index is 2010. The van der Waals surface area contributed by atoms with Gasteiger partial charge in [0.25, 0.3) is 0 Å². The van der Waals surface area contributed by atoms with Crippen molar-refractivity contribution in [2.45, 2.75) is 477 Å². The van der Waals surface area contributed by atoms with E-state index in [9.17, 15) is 43.2 Å². The quantitative estimate of drug-likeness (QED) is 0.0222. The topological polar surface area (TPSA) is 237 Å². The number of phosphoric ester groups is 2. The second kappa shape index (κ2) is 77.4. The van der Waals surface area contributed by atoms with E-state index < -0.39 is 97.5 Å². The number of aliphatic hydroxyl groups excluding tert-OH is 1. The molecule has 0 radical (unpaired) electrons. The molecule has 0 aromatic carbocycles. The summed E-state index contributed by atoms with van der Waals surface area (Å²) >= 11 is 0. The molecular formula is C86H168O17P2. The zero-order valence-electron chi connectivity index (χ0n) is 69.0. The smallest absolute Gasteiger partial charge is 0.462 e. The molecule has 0 aromatic heterocycles. The Morgan fingerprint density at radius 3 is 0.724 bits per heavy atom. The highest BCUT2D eigenvalue weighted by atomic mass is 31.2. The van der Waals surface area contributed by atoms with Gasteiger partial charge in [0.1, 0.15) is 19.3 Å². The third kappa shape index (κ3) is 78.5. The lowest BCUT2D eigenvalue weighted by molar-refractivity contribution is -0.161. The Kier molecular flexibility index (Phi) is 76.0. The molecule has 0 rings (SSSR count). The normalized spacial score (nSPS) is 14.1. The Balaban J connectivity index is 5.23. The van der Waals surface area contributed by atoms with E-state index in [1.807, 2.05) is 0 Å². The van der Waals surface area contributed by atoms with Gasteiger partial charge in [-0.2, -0.15) is 0 Å². The number of hydrogen-bond donors (Lipinski definition) is 3. The molecule has 0 amide bonds. The molecule has 0 bridgehead atoms. The Morgan fingerprint density at radius 2 is 0.486 bits per heavy atom. The molecule has 0 aliphatic heterocycles. The number of hydrogen-bond acceptors (Lipinski definition) is 15. The minimum atomic E-state index is -4.97. The number of carbonyl (C=O) groups excluding carboxylic acids is 4. The van der Waals surface area contributed by atoms with Crippen molar-refractivity contribution < 1.29 is 80.2 Å². The Hall–Kier alpha value is -1.94. The SMILES string of the molecule is CCCCCCCCCCCCCCCCCCCCCCCCC(=O)O[C@H](COC(=O)CCCCCCCCCCCCCCCCC(C)CC)COP(=O)(O)OC[C@@H](O)COP(=O)(O)OC[C@@H](COC(=O)CCCCCCCCCCCCCC)OC(=O)CCCCCCCCCCCCC(C)C. The van der Waals surface area contributed by atoms with Gasteiger partial charge in [0.2, 0.25) is 0 Å². The van der Waals surface area contributed by atoms with Gasteiger partial charge in [-0.3, -0.25) is 37.3 Å². The van der Waals surface area contributed by atoms with Crippen LogP contribution in [0.5, 0.6) is 0 Å². The fourth-order valence-electron chi connectivity index (χ4n) is 13.4. The van der Waals surface area contributed by atoms with Crippen molar-refractivity contribution in [2.24, 2.45) is 11.8 Å². The lowest BCUT2D eigenvalue weighted by Gasteiger charge is -2.21. The van der Waals surface area contributed by atoms with Crippen LogP contribution in [0.1, 0.15) is 459 Å². The van der Waals surface area contributed by atoms with E-state index in [0.717, 1.165) is 102 Å². The summed E-state index contributed by atoms with van der Waals surface area (Å²) in [6.07, 6.45) is 69.4. The van der Waals surface area contributed by atoms with E-state index in [2.05, 4.69) is 41.5 Å². The molecule has 3 unspecified atom stereocenters. The predicted molar refractivity (Wildman–Crippen MR) is 432 cm³/mol. The number of rotatable bonds is 85. The van der Waals surface area contributed by atoms with Crippen molar-refractivity contribution in [3.63, 3.8) is 0 Å². The minimum absolute atomic E-state index is 0.107. The average Bonchev–Trinajstić information content (AvgIpc) is 0.952. The number of ether oxygens (including phenoxy) is 4. The molecule has 0 saturated carbocycles. The molecule has 0 aliphatic rings. The third-order valence-corrected chi connectivity index (χ3v) is 22.5. The van der Waals surface area contributed by atoms with Crippen LogP contribution >= 0.6 is 15.6 Å². The molecule has 3 N–H and O–H groups in total. The van der Waals surface area contributed by atoms with Crippen LogP contribution in [-0.4, -0.2) is 96.7 Å². The van der Waals surface area contributed by atoms with E-state index in [0.29, 0.717) is 25.7 Å². The van der Waals surface area contributed by atoms with Gasteiger partial charge < -0.3 is 33.8 Å². The molecule has 0 aliphatic carbocycles. The largest absolute Gasteiger partial charge is 0.472 e. The molecule has 19 heteroatoms. The first-order valence-electron chi connectivity index (χ1n) is 44.5. The van der Waals surface area contributed by atoms with E-state index >= 15 is 0 Å². The maximum atomic E-state index is 13.1. The van der Waals surface area contributed by atoms with Gasteiger partial charge in [0.15, 0.2) is 12.2 Å². The number of carbonyl (C=O) groups is 4.